The molecular formula is C24H26N2O3. The van der Waals surface area contributed by atoms with E-state index in [0.29, 0.717) is 19.1 Å². The number of ether oxygens (including phenoxy) is 2. The Kier molecular flexibility index (Phi) is 4.74. The molecule has 1 saturated carbocycles. The van der Waals surface area contributed by atoms with Gasteiger partial charge in [0.2, 0.25) is 0 Å². The average molecular weight is 390 g/mol. The second-order valence-electron chi connectivity index (χ2n) is 8.11. The van der Waals surface area contributed by atoms with Crippen molar-refractivity contribution in [2.24, 2.45) is 16.9 Å². The Morgan fingerprint density at radius 1 is 1.10 bits per heavy atom. The van der Waals surface area contributed by atoms with E-state index in [0.717, 1.165) is 31.4 Å². The summed E-state index contributed by atoms with van der Waals surface area (Å²) in [5, 5.41) is 7.17. The lowest BCUT2D eigenvalue weighted by molar-refractivity contribution is -0.145. The van der Waals surface area contributed by atoms with Gasteiger partial charge < -0.3 is 9.47 Å². The van der Waals surface area contributed by atoms with Crippen LogP contribution in [-0.4, -0.2) is 37.0 Å². The van der Waals surface area contributed by atoms with Crippen molar-refractivity contribution in [2.45, 2.75) is 31.7 Å². The van der Waals surface area contributed by atoms with Crippen LogP contribution in [0.1, 0.15) is 42.0 Å². The zero-order valence-electron chi connectivity index (χ0n) is 16.7. The highest BCUT2D eigenvalue weighted by molar-refractivity contribution is 6.05. The van der Waals surface area contributed by atoms with E-state index in [-0.39, 0.29) is 17.9 Å². The SMILES string of the molecule is COc1ccc(C2C3CCc4ccccc4C3=NN2CCOC(=O)C2CC2)cc1. The number of hydrogen-bond donors (Lipinski definition) is 0. The topological polar surface area (TPSA) is 51.1 Å². The Morgan fingerprint density at radius 2 is 1.90 bits per heavy atom. The quantitative estimate of drug-likeness (QED) is 0.701. The number of methoxy groups -OCH3 is 1. The lowest BCUT2D eigenvalue weighted by Crippen LogP contribution is -2.31. The normalized spacial score (nSPS) is 22.5. The van der Waals surface area contributed by atoms with Gasteiger partial charge in [0, 0.05) is 11.5 Å². The lowest BCUT2D eigenvalue weighted by Gasteiger charge is -2.30. The average Bonchev–Trinajstić information content (AvgIpc) is 3.55. The molecule has 1 heterocycles. The predicted molar refractivity (Wildman–Crippen MR) is 111 cm³/mol. The second-order valence-corrected chi connectivity index (χ2v) is 8.11. The molecule has 0 bridgehead atoms. The van der Waals surface area contributed by atoms with Crippen LogP contribution in [0.2, 0.25) is 0 Å². The van der Waals surface area contributed by atoms with E-state index in [4.69, 9.17) is 14.6 Å². The molecule has 1 aliphatic heterocycles. The molecule has 2 atom stereocenters. The fraction of sp³-hybridized carbons (Fsp3) is 0.417. The molecule has 2 unspecified atom stereocenters. The molecule has 0 aromatic heterocycles. The van der Waals surface area contributed by atoms with E-state index in [2.05, 4.69) is 41.4 Å². The van der Waals surface area contributed by atoms with Crippen molar-refractivity contribution in [1.82, 2.24) is 5.01 Å². The smallest absolute Gasteiger partial charge is 0.308 e. The number of hydrogen-bond acceptors (Lipinski definition) is 5. The van der Waals surface area contributed by atoms with Crippen molar-refractivity contribution in [3.8, 4) is 5.75 Å². The van der Waals surface area contributed by atoms with Gasteiger partial charge in [0.05, 0.1) is 31.3 Å². The van der Waals surface area contributed by atoms with Gasteiger partial charge in [-0.2, -0.15) is 5.10 Å². The van der Waals surface area contributed by atoms with Crippen LogP contribution < -0.4 is 4.74 Å². The first-order chi connectivity index (χ1) is 14.2. The van der Waals surface area contributed by atoms with Crippen LogP contribution in [0.5, 0.6) is 5.75 Å². The molecule has 0 spiro atoms. The summed E-state index contributed by atoms with van der Waals surface area (Å²) in [5.41, 5.74) is 5.03. The van der Waals surface area contributed by atoms with Crippen molar-refractivity contribution in [3.05, 3.63) is 65.2 Å². The van der Waals surface area contributed by atoms with E-state index in [1.54, 1.807) is 7.11 Å². The Hall–Kier alpha value is -2.82. The maximum Gasteiger partial charge on any atom is 0.308 e. The first kappa shape index (κ1) is 18.2. The van der Waals surface area contributed by atoms with E-state index < -0.39 is 0 Å². The Bertz CT molecular complexity index is 933. The maximum absolute atomic E-state index is 11.9. The summed E-state index contributed by atoms with van der Waals surface area (Å²) < 4.78 is 10.8. The molecule has 2 aromatic carbocycles. The van der Waals surface area contributed by atoms with Gasteiger partial charge in [-0.1, -0.05) is 36.4 Å². The monoisotopic (exact) mass is 390 g/mol. The van der Waals surface area contributed by atoms with E-state index in [1.165, 1.54) is 22.4 Å². The molecule has 2 aliphatic carbocycles. The molecule has 1 fully saturated rings. The Labute approximate surface area is 171 Å². The minimum Gasteiger partial charge on any atom is -0.497 e. The van der Waals surface area contributed by atoms with Crippen LogP contribution in [0.4, 0.5) is 0 Å². The highest BCUT2D eigenvalue weighted by Crippen LogP contribution is 2.43. The van der Waals surface area contributed by atoms with Gasteiger partial charge in [0.25, 0.3) is 0 Å². The van der Waals surface area contributed by atoms with Crippen molar-refractivity contribution in [2.75, 3.05) is 20.3 Å². The Morgan fingerprint density at radius 3 is 2.66 bits per heavy atom. The third-order valence-corrected chi connectivity index (χ3v) is 6.24. The number of hydrazone groups is 1. The molecule has 0 saturated heterocycles. The molecule has 5 rings (SSSR count). The zero-order valence-corrected chi connectivity index (χ0v) is 16.7. The predicted octanol–water partition coefficient (Wildman–Crippen LogP) is 3.97. The summed E-state index contributed by atoms with van der Waals surface area (Å²) in [5.74, 6) is 1.27. The number of esters is 1. The standard InChI is InChI=1S/C24H26N2O3/c1-28-19-11-8-17(9-12-19)23-21-13-10-16-4-2-3-5-20(16)22(21)25-26(23)14-15-29-24(27)18-6-7-18/h2-5,8-9,11-12,18,21,23H,6-7,10,13-15H2,1H3. The van der Waals surface area contributed by atoms with Crippen molar-refractivity contribution < 1.29 is 14.3 Å². The number of carbonyl (C=O) groups excluding carboxylic acids is 1. The van der Waals surface area contributed by atoms with Gasteiger partial charge >= 0.3 is 5.97 Å². The van der Waals surface area contributed by atoms with Crippen LogP contribution in [0, 0.1) is 11.8 Å². The maximum atomic E-state index is 11.9. The van der Waals surface area contributed by atoms with Crippen LogP contribution in [-0.2, 0) is 16.0 Å². The summed E-state index contributed by atoms with van der Waals surface area (Å²) in [6.07, 6.45) is 4.08. The zero-order chi connectivity index (χ0) is 19.8. The van der Waals surface area contributed by atoms with Gasteiger partial charge in [0.15, 0.2) is 0 Å². The highest BCUT2D eigenvalue weighted by Gasteiger charge is 2.41. The van der Waals surface area contributed by atoms with Gasteiger partial charge in [-0.25, -0.2) is 0 Å². The van der Waals surface area contributed by atoms with Gasteiger partial charge in [0.1, 0.15) is 12.4 Å². The number of rotatable bonds is 6. The summed E-state index contributed by atoms with van der Waals surface area (Å²) in [6.45, 7) is 0.991. The molecule has 0 amide bonds. The molecule has 29 heavy (non-hydrogen) atoms. The minimum atomic E-state index is -0.0550. The number of benzene rings is 2. The minimum absolute atomic E-state index is 0.0550. The van der Waals surface area contributed by atoms with E-state index >= 15 is 0 Å². The Balaban J connectivity index is 1.41. The molecule has 0 N–H and O–H groups in total. The van der Waals surface area contributed by atoms with Gasteiger partial charge in [-0.15, -0.1) is 0 Å². The molecular weight excluding hydrogens is 364 g/mol. The number of carbonyl (C=O) groups is 1. The van der Waals surface area contributed by atoms with Crippen LogP contribution in [0.3, 0.4) is 0 Å². The summed E-state index contributed by atoms with van der Waals surface area (Å²) >= 11 is 0. The van der Waals surface area contributed by atoms with Crippen molar-refractivity contribution >= 4 is 11.7 Å². The first-order valence-corrected chi connectivity index (χ1v) is 10.5. The van der Waals surface area contributed by atoms with Crippen LogP contribution >= 0.6 is 0 Å². The second kappa shape index (κ2) is 7.54. The third kappa shape index (κ3) is 3.50. The lowest BCUT2D eigenvalue weighted by atomic mass is 9.77. The first-order valence-electron chi connectivity index (χ1n) is 10.5. The fourth-order valence-electron chi connectivity index (χ4n) is 4.55. The molecule has 5 heteroatoms. The fourth-order valence-corrected chi connectivity index (χ4v) is 4.55. The molecule has 0 radical (unpaired) electrons. The molecule has 2 aromatic rings. The van der Waals surface area contributed by atoms with Crippen molar-refractivity contribution in [1.29, 1.82) is 0 Å². The third-order valence-electron chi connectivity index (χ3n) is 6.24. The van der Waals surface area contributed by atoms with Crippen molar-refractivity contribution in [3.63, 3.8) is 0 Å². The van der Waals surface area contributed by atoms with Crippen LogP contribution in [0.15, 0.2) is 53.6 Å². The number of nitrogens with zero attached hydrogens (tertiary/aromatic N) is 2. The van der Waals surface area contributed by atoms with E-state index in [1.807, 2.05) is 12.1 Å². The molecule has 3 aliphatic rings. The number of aryl methyl sites for hydroxylation is 1. The van der Waals surface area contributed by atoms with Gasteiger partial charge in [-0.3, -0.25) is 9.80 Å². The summed E-state index contributed by atoms with van der Waals surface area (Å²) in [6, 6.07) is 17.0. The highest BCUT2D eigenvalue weighted by atomic mass is 16.5. The summed E-state index contributed by atoms with van der Waals surface area (Å²) in [7, 11) is 1.68. The summed E-state index contributed by atoms with van der Waals surface area (Å²) in [4.78, 5) is 11.9. The van der Waals surface area contributed by atoms with E-state index in [9.17, 15) is 4.79 Å². The van der Waals surface area contributed by atoms with Crippen LogP contribution in [0.25, 0.3) is 0 Å². The largest absolute Gasteiger partial charge is 0.497 e. The number of fused-ring (bicyclic) bond motifs is 3. The molecule has 150 valence electrons. The molecule has 5 nitrogen and oxygen atoms in total. The van der Waals surface area contributed by atoms with Gasteiger partial charge in [-0.05, 0) is 48.9 Å².